The van der Waals surface area contributed by atoms with Crippen LogP contribution < -0.4 is 5.73 Å². The number of anilines is 1. The lowest BCUT2D eigenvalue weighted by Gasteiger charge is -2.34. The van der Waals surface area contributed by atoms with Crippen LogP contribution in [0.4, 0.5) is 5.69 Å². The smallest absolute Gasteiger partial charge is 0.243 e. The highest BCUT2D eigenvalue weighted by Gasteiger charge is 2.33. The van der Waals surface area contributed by atoms with Crippen molar-refractivity contribution in [2.45, 2.75) is 37.6 Å². The molecule has 0 aliphatic heterocycles. The molecule has 0 saturated heterocycles. The molecule has 0 spiro atoms. The third kappa shape index (κ3) is 2.63. The Morgan fingerprint density at radius 3 is 2.24 bits per heavy atom. The molecule has 0 amide bonds. The van der Waals surface area contributed by atoms with Crippen LogP contribution in [0.3, 0.4) is 0 Å². The summed E-state index contributed by atoms with van der Waals surface area (Å²) in [5.41, 5.74) is 6.09. The minimum Gasteiger partial charge on any atom is -0.398 e. The first kappa shape index (κ1) is 15.8. The average molecular weight is 306 g/mol. The zero-order valence-corrected chi connectivity index (χ0v) is 13.7. The predicted octanol–water partition coefficient (Wildman–Crippen LogP) is 3.23. The number of rotatable bonds is 4. The first-order valence-corrected chi connectivity index (χ1v) is 8.42. The van der Waals surface area contributed by atoms with E-state index in [-0.39, 0.29) is 0 Å². The molecule has 0 saturated carbocycles. The summed E-state index contributed by atoms with van der Waals surface area (Å²) in [5, 5.41) is 1.43. The van der Waals surface area contributed by atoms with E-state index >= 15 is 0 Å². The fourth-order valence-corrected chi connectivity index (χ4v) is 3.99. The van der Waals surface area contributed by atoms with Crippen molar-refractivity contribution in [1.29, 1.82) is 0 Å². The number of nitrogens with zero attached hydrogens (tertiary/aromatic N) is 1. The van der Waals surface area contributed by atoms with Gasteiger partial charge in [0.2, 0.25) is 10.0 Å². The van der Waals surface area contributed by atoms with Crippen molar-refractivity contribution in [1.82, 2.24) is 4.31 Å². The number of fused-ring (bicyclic) bond motifs is 1. The topological polar surface area (TPSA) is 63.4 Å². The van der Waals surface area contributed by atoms with E-state index in [1.807, 2.05) is 39.0 Å². The summed E-state index contributed by atoms with van der Waals surface area (Å²) >= 11 is 0. The predicted molar refractivity (Wildman–Crippen MR) is 87.7 cm³/mol. The molecule has 0 atom stereocenters. The summed E-state index contributed by atoms with van der Waals surface area (Å²) in [6, 6.07) is 10.6. The Balaban J connectivity index is 2.70. The third-order valence-electron chi connectivity index (χ3n) is 4.27. The van der Waals surface area contributed by atoms with Crippen molar-refractivity contribution in [3.63, 3.8) is 0 Å². The number of sulfonamides is 1. The van der Waals surface area contributed by atoms with E-state index in [2.05, 4.69) is 0 Å². The molecule has 5 heteroatoms. The summed E-state index contributed by atoms with van der Waals surface area (Å²) in [6.45, 7) is 5.82. The average Bonchev–Trinajstić information content (AvgIpc) is 2.46. The number of nitrogen functional groups attached to an aromatic ring is 1. The Morgan fingerprint density at radius 1 is 1.10 bits per heavy atom. The van der Waals surface area contributed by atoms with Crippen LogP contribution in [0, 0.1) is 0 Å². The molecule has 2 aromatic rings. The van der Waals surface area contributed by atoms with Gasteiger partial charge in [-0.05, 0) is 32.4 Å². The van der Waals surface area contributed by atoms with Gasteiger partial charge in [0.1, 0.15) is 0 Å². The quantitative estimate of drug-likeness (QED) is 0.882. The Hall–Kier alpha value is -1.59. The molecule has 2 rings (SSSR count). The first-order valence-electron chi connectivity index (χ1n) is 6.98. The summed E-state index contributed by atoms with van der Waals surface area (Å²) in [7, 11) is -1.95. The van der Waals surface area contributed by atoms with Gasteiger partial charge in [0.25, 0.3) is 0 Å². The van der Waals surface area contributed by atoms with E-state index in [4.69, 9.17) is 5.73 Å². The molecule has 0 aromatic heterocycles. The summed E-state index contributed by atoms with van der Waals surface area (Å²) < 4.78 is 27.3. The van der Waals surface area contributed by atoms with Gasteiger partial charge in [-0.1, -0.05) is 31.2 Å². The van der Waals surface area contributed by atoms with Crippen LogP contribution in [0.2, 0.25) is 0 Å². The molecule has 21 heavy (non-hydrogen) atoms. The van der Waals surface area contributed by atoms with Crippen LogP contribution in [0.1, 0.15) is 27.2 Å². The van der Waals surface area contributed by atoms with Gasteiger partial charge in [-0.15, -0.1) is 0 Å². The maximum absolute atomic E-state index is 12.9. The molecule has 0 aliphatic rings. The fraction of sp³-hybridized carbons (Fsp3) is 0.375. The second kappa shape index (κ2) is 5.31. The van der Waals surface area contributed by atoms with Gasteiger partial charge in [-0.25, -0.2) is 8.42 Å². The maximum atomic E-state index is 12.9. The third-order valence-corrected chi connectivity index (χ3v) is 6.40. The van der Waals surface area contributed by atoms with Crippen molar-refractivity contribution in [2.75, 3.05) is 12.8 Å². The van der Waals surface area contributed by atoms with E-state index in [0.29, 0.717) is 16.0 Å². The molecule has 114 valence electrons. The van der Waals surface area contributed by atoms with E-state index in [1.54, 1.807) is 25.2 Å². The van der Waals surface area contributed by atoms with Crippen molar-refractivity contribution < 1.29 is 8.42 Å². The number of hydrogen-bond acceptors (Lipinski definition) is 3. The summed E-state index contributed by atoms with van der Waals surface area (Å²) in [6.07, 6.45) is 0.732. The highest BCUT2D eigenvalue weighted by molar-refractivity contribution is 7.89. The number of hydrogen-bond donors (Lipinski definition) is 1. The van der Waals surface area contributed by atoms with Crippen LogP contribution >= 0.6 is 0 Å². The molecule has 0 heterocycles. The number of nitrogens with two attached hydrogens (primary N) is 1. The zero-order valence-electron chi connectivity index (χ0n) is 12.9. The first-order chi connectivity index (χ1) is 9.71. The maximum Gasteiger partial charge on any atom is 0.243 e. The fourth-order valence-electron chi connectivity index (χ4n) is 2.22. The lowest BCUT2D eigenvalue weighted by molar-refractivity contribution is 0.257. The Bertz CT molecular complexity index is 767. The van der Waals surface area contributed by atoms with Gasteiger partial charge in [0.05, 0.1) is 4.90 Å². The minimum absolute atomic E-state index is 0.302. The van der Waals surface area contributed by atoms with Crippen molar-refractivity contribution in [3.05, 3.63) is 36.4 Å². The lowest BCUT2D eigenvalue weighted by Crippen LogP contribution is -2.44. The molecule has 2 N–H and O–H groups in total. The van der Waals surface area contributed by atoms with Crippen LogP contribution in [0.25, 0.3) is 10.8 Å². The van der Waals surface area contributed by atoms with Gasteiger partial charge < -0.3 is 5.73 Å². The highest BCUT2D eigenvalue weighted by Crippen LogP contribution is 2.32. The van der Waals surface area contributed by atoms with Gasteiger partial charge >= 0.3 is 0 Å². The van der Waals surface area contributed by atoms with Crippen molar-refractivity contribution in [3.8, 4) is 0 Å². The van der Waals surface area contributed by atoms with Gasteiger partial charge in [-0.3, -0.25) is 0 Å². The molecule has 4 nitrogen and oxygen atoms in total. The van der Waals surface area contributed by atoms with Crippen LogP contribution in [0.15, 0.2) is 41.3 Å². The largest absolute Gasteiger partial charge is 0.398 e. The monoisotopic (exact) mass is 306 g/mol. The Labute approximate surface area is 126 Å². The zero-order chi connectivity index (χ0) is 15.8. The standard InChI is InChI=1S/C16H22N2O2S/c1-5-16(2,3)18(4)21(19,20)15-11-10-14(17)12-8-6-7-9-13(12)15/h6-11H,5,17H2,1-4H3. The molecule has 0 bridgehead atoms. The van der Waals surface area contributed by atoms with Crippen LogP contribution in [-0.4, -0.2) is 25.3 Å². The van der Waals surface area contributed by atoms with E-state index in [0.717, 1.165) is 11.8 Å². The van der Waals surface area contributed by atoms with Crippen LogP contribution in [-0.2, 0) is 10.0 Å². The summed E-state index contributed by atoms with van der Waals surface area (Å²) in [5.74, 6) is 0. The van der Waals surface area contributed by atoms with Crippen LogP contribution in [0.5, 0.6) is 0 Å². The van der Waals surface area contributed by atoms with Gasteiger partial charge in [0, 0.05) is 29.0 Å². The number of benzene rings is 2. The SMILES string of the molecule is CCC(C)(C)N(C)S(=O)(=O)c1ccc(N)c2ccccc12. The Kier molecular flexibility index (Phi) is 4.00. The van der Waals surface area contributed by atoms with Gasteiger partial charge in [0.15, 0.2) is 0 Å². The van der Waals surface area contributed by atoms with Gasteiger partial charge in [-0.2, -0.15) is 4.31 Å². The second-order valence-corrected chi connectivity index (χ2v) is 7.77. The van der Waals surface area contributed by atoms with E-state index in [1.165, 1.54) is 4.31 Å². The van der Waals surface area contributed by atoms with E-state index in [9.17, 15) is 8.42 Å². The molecule has 0 radical (unpaired) electrons. The second-order valence-electron chi connectivity index (χ2n) is 5.84. The van der Waals surface area contributed by atoms with E-state index < -0.39 is 15.6 Å². The molecular weight excluding hydrogens is 284 g/mol. The molecule has 0 aliphatic carbocycles. The Morgan fingerprint density at radius 2 is 1.67 bits per heavy atom. The summed E-state index contributed by atoms with van der Waals surface area (Å²) in [4.78, 5) is 0.302. The molecule has 0 fully saturated rings. The lowest BCUT2D eigenvalue weighted by atomic mass is 10.0. The van der Waals surface area contributed by atoms with Crippen molar-refractivity contribution in [2.24, 2.45) is 0 Å². The normalized spacial score (nSPS) is 13.0. The highest BCUT2D eigenvalue weighted by atomic mass is 32.2. The molecule has 2 aromatic carbocycles. The molecular formula is C16H22N2O2S. The van der Waals surface area contributed by atoms with Crippen molar-refractivity contribution >= 4 is 26.5 Å². The molecule has 0 unspecified atom stereocenters. The minimum atomic E-state index is -3.57.